The van der Waals surface area contributed by atoms with E-state index in [-0.39, 0.29) is 43.7 Å². The normalized spacial score (nSPS) is 16.9. The molecule has 1 aliphatic heterocycles. The van der Waals surface area contributed by atoms with E-state index in [4.69, 9.17) is 34.8 Å². The van der Waals surface area contributed by atoms with Crippen LogP contribution in [0.5, 0.6) is 0 Å². The molecule has 1 aliphatic rings. The van der Waals surface area contributed by atoms with E-state index >= 15 is 0 Å². The first-order valence-corrected chi connectivity index (χ1v) is 15.4. The largest absolute Gasteiger partial charge is 0.481 e. The lowest BCUT2D eigenvalue weighted by Gasteiger charge is -2.42. The van der Waals surface area contributed by atoms with E-state index in [0.717, 1.165) is 26.1 Å². The molecule has 2 heterocycles. The van der Waals surface area contributed by atoms with Crippen molar-refractivity contribution in [2.75, 3.05) is 13.1 Å². The van der Waals surface area contributed by atoms with Crippen molar-refractivity contribution < 1.29 is 27.9 Å². The van der Waals surface area contributed by atoms with Crippen LogP contribution in [0.3, 0.4) is 0 Å². The van der Waals surface area contributed by atoms with Gasteiger partial charge in [-0.05, 0) is 49.2 Å². The van der Waals surface area contributed by atoms with Crippen LogP contribution in [0.15, 0.2) is 58.8 Å². The van der Waals surface area contributed by atoms with Gasteiger partial charge >= 0.3 is 5.97 Å². The molecule has 0 radical (unpaired) electrons. The molecule has 0 saturated carbocycles. The Balaban J connectivity index is 1.77. The van der Waals surface area contributed by atoms with Crippen molar-refractivity contribution in [3.05, 3.63) is 85.7 Å². The van der Waals surface area contributed by atoms with Gasteiger partial charge in [-0.25, -0.2) is 8.42 Å². The predicted molar refractivity (Wildman–Crippen MR) is 153 cm³/mol. The van der Waals surface area contributed by atoms with Crippen molar-refractivity contribution in [1.82, 2.24) is 14.5 Å². The molecule has 40 heavy (non-hydrogen) atoms. The third-order valence-electron chi connectivity index (χ3n) is 6.26. The summed E-state index contributed by atoms with van der Waals surface area (Å²) in [6.45, 7) is 1.82. The van der Waals surface area contributed by atoms with Gasteiger partial charge in [0, 0.05) is 18.7 Å². The maximum atomic E-state index is 13.9. The van der Waals surface area contributed by atoms with Gasteiger partial charge in [-0.1, -0.05) is 64.6 Å². The van der Waals surface area contributed by atoms with Crippen LogP contribution in [-0.4, -0.2) is 59.8 Å². The monoisotopic (exact) mass is 643 g/mol. The lowest BCUT2D eigenvalue weighted by Crippen LogP contribution is -2.63. The van der Waals surface area contributed by atoms with Gasteiger partial charge in [0.1, 0.15) is 4.21 Å². The number of sulfonamides is 1. The second kappa shape index (κ2) is 12.5. The molecular weight excluding hydrogens is 621 g/mol. The van der Waals surface area contributed by atoms with Gasteiger partial charge in [0.05, 0.1) is 26.8 Å². The quantitative estimate of drug-likeness (QED) is 0.347. The second-order valence-corrected chi connectivity index (χ2v) is 13.7. The summed E-state index contributed by atoms with van der Waals surface area (Å²) in [5.74, 6) is -2.67. The van der Waals surface area contributed by atoms with Crippen LogP contribution >= 0.6 is 46.1 Å². The van der Waals surface area contributed by atoms with Crippen LogP contribution in [0.25, 0.3) is 0 Å². The molecule has 2 aromatic carbocycles. The Morgan fingerprint density at radius 1 is 1.05 bits per heavy atom. The van der Waals surface area contributed by atoms with Crippen molar-refractivity contribution in [2.45, 2.75) is 36.2 Å². The number of halogens is 3. The Morgan fingerprint density at radius 3 is 2.42 bits per heavy atom. The number of rotatable bonds is 8. The lowest BCUT2D eigenvalue weighted by molar-refractivity contribution is -0.138. The van der Waals surface area contributed by atoms with Gasteiger partial charge < -0.3 is 15.3 Å². The third-order valence-corrected chi connectivity index (χ3v) is 10.5. The average molecular weight is 645 g/mol. The number of benzene rings is 2. The summed E-state index contributed by atoms with van der Waals surface area (Å²) in [6.07, 6.45) is -1.84. The second-order valence-electron chi connectivity index (χ2n) is 9.10. The zero-order valence-electron chi connectivity index (χ0n) is 21.0. The number of nitrogens with one attached hydrogen (secondary N) is 1. The number of aliphatic carboxylic acids is 1. The van der Waals surface area contributed by atoms with Crippen LogP contribution in [0.1, 0.15) is 40.4 Å². The molecule has 1 saturated heterocycles. The Hall–Kier alpha value is -2.67. The summed E-state index contributed by atoms with van der Waals surface area (Å²) in [5.41, 5.74) is 1.47. The number of thiophene rings is 1. The van der Waals surface area contributed by atoms with Crippen molar-refractivity contribution in [3.63, 3.8) is 0 Å². The first-order valence-electron chi connectivity index (χ1n) is 12.0. The van der Waals surface area contributed by atoms with Crippen molar-refractivity contribution in [2.24, 2.45) is 0 Å². The van der Waals surface area contributed by atoms with Gasteiger partial charge in [0.15, 0.2) is 6.17 Å². The highest BCUT2D eigenvalue weighted by Gasteiger charge is 2.45. The summed E-state index contributed by atoms with van der Waals surface area (Å²) in [5, 5.41) is 12.6. The number of amides is 2. The minimum Gasteiger partial charge on any atom is -0.481 e. The highest BCUT2D eigenvalue weighted by molar-refractivity contribution is 7.91. The van der Waals surface area contributed by atoms with Gasteiger partial charge in [0.2, 0.25) is 0 Å². The van der Waals surface area contributed by atoms with Crippen molar-refractivity contribution >= 4 is 73.9 Å². The van der Waals surface area contributed by atoms with E-state index in [1.54, 1.807) is 18.2 Å². The van der Waals surface area contributed by atoms with E-state index in [9.17, 15) is 27.9 Å². The van der Waals surface area contributed by atoms with Gasteiger partial charge in [-0.2, -0.15) is 4.31 Å². The minimum atomic E-state index is -4.28. The molecule has 0 spiro atoms. The van der Waals surface area contributed by atoms with Crippen LogP contribution in [0.2, 0.25) is 14.4 Å². The van der Waals surface area contributed by atoms with Crippen molar-refractivity contribution in [3.8, 4) is 0 Å². The SMILES string of the molecule is Cc1cccc(C(CC(=O)O)NC(=O)C2N(C(=O)c3ccc(Cl)c(Cl)c3)CCCN2S(=O)(=O)c2ccc(Cl)s2)c1. The first-order chi connectivity index (χ1) is 18.9. The molecule has 1 aromatic heterocycles. The number of aryl methyl sites for hydroxylation is 1. The van der Waals surface area contributed by atoms with Crippen molar-refractivity contribution in [1.29, 1.82) is 0 Å². The molecular formula is C26H24Cl3N3O6S2. The van der Waals surface area contributed by atoms with Crippen LogP contribution < -0.4 is 5.32 Å². The fourth-order valence-electron chi connectivity index (χ4n) is 4.44. The topological polar surface area (TPSA) is 124 Å². The highest BCUT2D eigenvalue weighted by Crippen LogP contribution is 2.33. The van der Waals surface area contributed by atoms with E-state index in [1.165, 1.54) is 30.3 Å². The highest BCUT2D eigenvalue weighted by atomic mass is 35.5. The Kier molecular flexibility index (Phi) is 9.44. The summed E-state index contributed by atoms with van der Waals surface area (Å²) in [7, 11) is -4.28. The summed E-state index contributed by atoms with van der Waals surface area (Å²) >= 11 is 19.0. The standard InChI is InChI=1S/C26H24Cl3N3O6S2/c1-15-4-2-5-16(12-15)20(14-22(33)34)30-24(35)25-31(26(36)17-6-7-18(27)19(28)13-17)10-3-11-32(25)40(37,38)23-9-8-21(29)39-23/h2,4-9,12-13,20,25H,3,10-11,14H2,1H3,(H,30,35)(H,33,34). The molecule has 2 amide bonds. The van der Waals surface area contributed by atoms with Crippen LogP contribution in [-0.2, 0) is 19.6 Å². The molecule has 3 aromatic rings. The number of carboxylic acids is 1. The molecule has 0 aliphatic carbocycles. The molecule has 212 valence electrons. The third kappa shape index (κ3) is 6.62. The predicted octanol–water partition coefficient (Wildman–Crippen LogP) is 5.21. The fraction of sp³-hybridized carbons (Fsp3) is 0.269. The molecule has 2 unspecified atom stereocenters. The number of hydrogen-bond acceptors (Lipinski definition) is 6. The Morgan fingerprint density at radius 2 is 1.80 bits per heavy atom. The molecule has 0 bridgehead atoms. The Labute approximate surface area is 250 Å². The molecule has 1 fully saturated rings. The van der Waals surface area contributed by atoms with Crippen LogP contribution in [0, 0.1) is 6.92 Å². The van der Waals surface area contributed by atoms with E-state index in [0.29, 0.717) is 5.56 Å². The summed E-state index contributed by atoms with van der Waals surface area (Å²) in [6, 6.07) is 12.9. The maximum Gasteiger partial charge on any atom is 0.305 e. The van der Waals surface area contributed by atoms with E-state index < -0.39 is 46.4 Å². The molecule has 9 nitrogen and oxygen atoms in total. The summed E-state index contributed by atoms with van der Waals surface area (Å²) in [4.78, 5) is 40.4. The molecule has 2 atom stereocenters. The smallest absolute Gasteiger partial charge is 0.305 e. The van der Waals surface area contributed by atoms with Gasteiger partial charge in [-0.15, -0.1) is 11.3 Å². The van der Waals surface area contributed by atoms with Gasteiger partial charge in [-0.3, -0.25) is 14.4 Å². The van der Waals surface area contributed by atoms with E-state index in [1.807, 2.05) is 13.0 Å². The maximum absolute atomic E-state index is 13.9. The minimum absolute atomic E-state index is 0.0580. The number of nitrogens with zero attached hydrogens (tertiary/aromatic N) is 2. The lowest BCUT2D eigenvalue weighted by atomic mass is 10.0. The number of hydrogen-bond donors (Lipinski definition) is 2. The zero-order valence-corrected chi connectivity index (χ0v) is 24.9. The average Bonchev–Trinajstić information content (AvgIpc) is 3.36. The first kappa shape index (κ1) is 30.3. The van der Waals surface area contributed by atoms with Gasteiger partial charge in [0.25, 0.3) is 21.8 Å². The molecule has 2 N–H and O–H groups in total. The molecule has 14 heteroatoms. The van der Waals surface area contributed by atoms with E-state index in [2.05, 4.69) is 5.32 Å². The Bertz CT molecular complexity index is 1560. The number of carbonyl (C=O) groups is 3. The zero-order chi connectivity index (χ0) is 29.2. The van der Waals surface area contributed by atoms with Crippen LogP contribution in [0.4, 0.5) is 0 Å². The fourth-order valence-corrected chi connectivity index (χ4v) is 7.94. The number of carboxylic acid groups (broad SMARTS) is 1. The summed E-state index contributed by atoms with van der Waals surface area (Å²) < 4.78 is 28.5. The number of carbonyl (C=O) groups excluding carboxylic acids is 2. The molecule has 4 rings (SSSR count).